The summed E-state index contributed by atoms with van der Waals surface area (Å²) in [5.74, 6) is 1.14. The van der Waals surface area contributed by atoms with Crippen LogP contribution in [0.2, 0.25) is 0 Å². The van der Waals surface area contributed by atoms with Crippen molar-refractivity contribution in [2.45, 2.75) is 31.1 Å². The SMILES string of the molecule is C#CCCC1(CCNC(=O)c2cc(O)cc(C(F)(F)F)c2)N=N1. The topological polar surface area (TPSA) is 74.0 Å². The molecule has 0 aromatic heterocycles. The highest BCUT2D eigenvalue weighted by Crippen LogP contribution is 2.36. The molecule has 0 unspecified atom stereocenters. The number of halogens is 3. The van der Waals surface area contributed by atoms with Gasteiger partial charge in [-0.3, -0.25) is 4.79 Å². The number of nitrogens with zero attached hydrogens (tertiary/aromatic N) is 2. The predicted molar refractivity (Wildman–Crippen MR) is 75.7 cm³/mol. The molecule has 2 rings (SSSR count). The third kappa shape index (κ3) is 4.45. The minimum absolute atomic E-state index is 0.188. The molecule has 1 aliphatic rings. The van der Waals surface area contributed by atoms with Crippen molar-refractivity contribution in [1.29, 1.82) is 0 Å². The minimum Gasteiger partial charge on any atom is -0.508 e. The monoisotopic (exact) mass is 325 g/mol. The molecule has 122 valence electrons. The number of rotatable bonds is 6. The van der Waals surface area contributed by atoms with Crippen molar-refractivity contribution in [2.24, 2.45) is 10.2 Å². The van der Waals surface area contributed by atoms with Gasteiger partial charge in [-0.05, 0) is 18.2 Å². The van der Waals surface area contributed by atoms with Gasteiger partial charge in [0.05, 0.1) is 5.56 Å². The van der Waals surface area contributed by atoms with E-state index in [-0.39, 0.29) is 12.1 Å². The molecular formula is C15H14F3N3O2. The third-order valence-corrected chi connectivity index (χ3v) is 3.37. The zero-order valence-corrected chi connectivity index (χ0v) is 12.0. The van der Waals surface area contributed by atoms with E-state index in [2.05, 4.69) is 21.5 Å². The molecule has 0 aliphatic carbocycles. The van der Waals surface area contributed by atoms with Crippen LogP contribution >= 0.6 is 0 Å². The van der Waals surface area contributed by atoms with Crippen LogP contribution in [-0.4, -0.2) is 23.2 Å². The Morgan fingerprint density at radius 3 is 2.57 bits per heavy atom. The Labute approximate surface area is 130 Å². The van der Waals surface area contributed by atoms with Gasteiger partial charge in [-0.25, -0.2) is 0 Å². The summed E-state index contributed by atoms with van der Waals surface area (Å²) in [6.07, 6.45) is 2.02. The van der Waals surface area contributed by atoms with Crippen molar-refractivity contribution in [3.63, 3.8) is 0 Å². The maximum atomic E-state index is 12.7. The molecule has 5 nitrogen and oxygen atoms in total. The van der Waals surface area contributed by atoms with Gasteiger partial charge in [-0.2, -0.15) is 23.4 Å². The van der Waals surface area contributed by atoms with Gasteiger partial charge in [0.1, 0.15) is 5.75 Å². The quantitative estimate of drug-likeness (QED) is 0.789. The number of carbonyl (C=O) groups excluding carboxylic acids is 1. The maximum absolute atomic E-state index is 12.7. The fraction of sp³-hybridized carbons (Fsp3) is 0.400. The molecule has 1 aromatic rings. The molecule has 1 heterocycles. The molecule has 8 heteroatoms. The van der Waals surface area contributed by atoms with Gasteiger partial charge in [0.2, 0.25) is 0 Å². The van der Waals surface area contributed by atoms with Gasteiger partial charge in [0, 0.05) is 31.4 Å². The highest BCUT2D eigenvalue weighted by Gasteiger charge is 2.38. The lowest BCUT2D eigenvalue weighted by molar-refractivity contribution is -0.137. The van der Waals surface area contributed by atoms with E-state index in [0.717, 1.165) is 6.07 Å². The van der Waals surface area contributed by atoms with E-state index in [1.54, 1.807) is 0 Å². The van der Waals surface area contributed by atoms with Crippen molar-refractivity contribution >= 4 is 5.91 Å². The number of terminal acetylenes is 1. The second kappa shape index (κ2) is 6.28. The highest BCUT2D eigenvalue weighted by atomic mass is 19.4. The van der Waals surface area contributed by atoms with E-state index < -0.39 is 29.1 Å². The van der Waals surface area contributed by atoms with Gasteiger partial charge in [0.15, 0.2) is 5.66 Å². The number of phenols is 1. The van der Waals surface area contributed by atoms with Crippen molar-refractivity contribution < 1.29 is 23.1 Å². The van der Waals surface area contributed by atoms with Crippen molar-refractivity contribution in [1.82, 2.24) is 5.32 Å². The summed E-state index contributed by atoms with van der Waals surface area (Å²) in [5.41, 5.74) is -1.92. The summed E-state index contributed by atoms with van der Waals surface area (Å²) in [7, 11) is 0. The lowest BCUT2D eigenvalue weighted by Gasteiger charge is -2.12. The van der Waals surface area contributed by atoms with E-state index in [1.165, 1.54) is 0 Å². The van der Waals surface area contributed by atoms with Crippen molar-refractivity contribution in [3.8, 4) is 18.1 Å². The molecular weight excluding hydrogens is 311 g/mol. The molecule has 0 fully saturated rings. The van der Waals surface area contributed by atoms with Crippen LogP contribution in [0.5, 0.6) is 5.75 Å². The van der Waals surface area contributed by atoms with Crippen molar-refractivity contribution in [2.75, 3.05) is 6.54 Å². The lowest BCUT2D eigenvalue weighted by atomic mass is 10.0. The molecule has 23 heavy (non-hydrogen) atoms. The number of hydrogen-bond donors (Lipinski definition) is 2. The summed E-state index contributed by atoms with van der Waals surface area (Å²) in [6.45, 7) is 0.188. The first-order valence-electron chi connectivity index (χ1n) is 6.83. The number of nitrogens with one attached hydrogen (secondary N) is 1. The van der Waals surface area contributed by atoms with Gasteiger partial charge >= 0.3 is 6.18 Å². The van der Waals surface area contributed by atoms with Crippen LogP contribution in [-0.2, 0) is 6.18 Å². The molecule has 1 aromatic carbocycles. The normalized spacial score (nSPS) is 15.0. The standard InChI is InChI=1S/C15H14F3N3O2/c1-2-3-4-14(20-21-14)5-6-19-13(23)10-7-11(15(16,17)18)9-12(22)8-10/h1,7-9,22H,3-6H2,(H,19,23). The largest absolute Gasteiger partial charge is 0.508 e. The summed E-state index contributed by atoms with van der Waals surface area (Å²) in [4.78, 5) is 11.9. The van der Waals surface area contributed by atoms with Gasteiger partial charge < -0.3 is 10.4 Å². The average Bonchev–Trinajstić information content (AvgIpc) is 3.24. The number of carbonyl (C=O) groups is 1. The summed E-state index contributed by atoms with van der Waals surface area (Å²) >= 11 is 0. The summed E-state index contributed by atoms with van der Waals surface area (Å²) < 4.78 is 38.0. The van der Waals surface area contributed by atoms with Crippen LogP contribution in [0.25, 0.3) is 0 Å². The van der Waals surface area contributed by atoms with E-state index in [4.69, 9.17) is 6.42 Å². The number of aromatic hydroxyl groups is 1. The first-order chi connectivity index (χ1) is 10.8. The first-order valence-corrected chi connectivity index (χ1v) is 6.83. The summed E-state index contributed by atoms with van der Waals surface area (Å²) in [5, 5.41) is 19.6. The van der Waals surface area contributed by atoms with Crippen LogP contribution in [0.4, 0.5) is 13.2 Å². The summed E-state index contributed by atoms with van der Waals surface area (Å²) in [6, 6.07) is 2.23. The lowest BCUT2D eigenvalue weighted by Crippen LogP contribution is -2.28. The molecule has 2 N–H and O–H groups in total. The van der Waals surface area contributed by atoms with Gasteiger partial charge in [-0.15, -0.1) is 12.3 Å². The molecule has 0 saturated heterocycles. The van der Waals surface area contributed by atoms with E-state index in [1.807, 2.05) is 0 Å². The fourth-order valence-electron chi connectivity index (χ4n) is 2.05. The van der Waals surface area contributed by atoms with E-state index >= 15 is 0 Å². The predicted octanol–water partition coefficient (Wildman–Crippen LogP) is 3.11. The van der Waals surface area contributed by atoms with E-state index in [9.17, 15) is 23.1 Å². The zero-order chi connectivity index (χ0) is 17.1. The maximum Gasteiger partial charge on any atom is 0.416 e. The number of benzene rings is 1. The second-order valence-electron chi connectivity index (χ2n) is 5.16. The van der Waals surface area contributed by atoms with E-state index in [0.29, 0.717) is 31.4 Å². The molecule has 0 atom stereocenters. The molecule has 0 spiro atoms. The Hall–Kier alpha value is -2.56. The minimum atomic E-state index is -4.64. The number of amides is 1. The third-order valence-electron chi connectivity index (χ3n) is 3.37. The molecule has 0 radical (unpaired) electrons. The molecule has 1 amide bonds. The first kappa shape index (κ1) is 16.8. The van der Waals surface area contributed by atoms with Gasteiger partial charge in [-0.1, -0.05) is 0 Å². The molecule has 0 saturated carbocycles. The van der Waals surface area contributed by atoms with Crippen LogP contribution in [0, 0.1) is 12.3 Å². The smallest absolute Gasteiger partial charge is 0.416 e. The molecule has 1 aliphatic heterocycles. The fourth-order valence-corrected chi connectivity index (χ4v) is 2.05. The Kier molecular flexibility index (Phi) is 4.59. The number of hydrogen-bond acceptors (Lipinski definition) is 4. The van der Waals surface area contributed by atoms with Crippen LogP contribution in [0.3, 0.4) is 0 Å². The number of phenolic OH excluding ortho intramolecular Hbond substituents is 1. The Morgan fingerprint density at radius 1 is 1.30 bits per heavy atom. The average molecular weight is 325 g/mol. The highest BCUT2D eigenvalue weighted by molar-refractivity contribution is 5.94. The molecule has 0 bridgehead atoms. The second-order valence-corrected chi connectivity index (χ2v) is 5.16. The van der Waals surface area contributed by atoms with Crippen LogP contribution in [0.1, 0.15) is 35.2 Å². The number of alkyl halides is 3. The van der Waals surface area contributed by atoms with Crippen molar-refractivity contribution in [3.05, 3.63) is 29.3 Å². The van der Waals surface area contributed by atoms with Crippen LogP contribution in [0.15, 0.2) is 28.4 Å². The Morgan fingerprint density at radius 2 is 2.00 bits per heavy atom. The Balaban J connectivity index is 1.94. The van der Waals surface area contributed by atoms with Gasteiger partial charge in [0.25, 0.3) is 5.91 Å². The van der Waals surface area contributed by atoms with Crippen LogP contribution < -0.4 is 5.32 Å². The Bertz CT molecular complexity index is 672. The zero-order valence-electron chi connectivity index (χ0n) is 12.0.